The Kier molecular flexibility index (Phi) is 6.83. The van der Waals surface area contributed by atoms with Crippen LogP contribution in [0.4, 0.5) is 5.69 Å². The lowest BCUT2D eigenvalue weighted by molar-refractivity contribution is -0.126. The normalized spacial score (nSPS) is 15.8. The average molecular weight is 468 g/mol. The lowest BCUT2D eigenvalue weighted by Crippen LogP contribution is -2.45. The highest BCUT2D eigenvalue weighted by Gasteiger charge is 2.31. The van der Waals surface area contributed by atoms with Gasteiger partial charge < -0.3 is 20.0 Å². The molecule has 10 heteroatoms. The number of furan rings is 1. The average Bonchev–Trinajstić information content (AvgIpc) is 3.48. The zero-order valence-electron chi connectivity index (χ0n) is 18.5. The Bertz CT molecular complexity index is 1150. The van der Waals surface area contributed by atoms with E-state index in [9.17, 15) is 14.4 Å². The summed E-state index contributed by atoms with van der Waals surface area (Å²) in [6.45, 7) is 4.95. The second kappa shape index (κ2) is 9.95. The van der Waals surface area contributed by atoms with Crippen molar-refractivity contribution < 1.29 is 18.8 Å². The molecular formula is C23H25N5O4S. The molecule has 0 bridgehead atoms. The fourth-order valence-corrected chi connectivity index (χ4v) is 4.34. The molecule has 9 nitrogen and oxygen atoms in total. The van der Waals surface area contributed by atoms with Gasteiger partial charge in [0, 0.05) is 18.8 Å². The van der Waals surface area contributed by atoms with Gasteiger partial charge in [0.25, 0.3) is 11.8 Å². The number of aromatic nitrogens is 2. The SMILES string of the molecule is Cc1ccc(NC(=O)c2nnc(C(=O)N3CCCC(C(=O)NCc4ccc(C)o4)C3)s2)cc1. The predicted molar refractivity (Wildman–Crippen MR) is 123 cm³/mol. The fourth-order valence-electron chi connectivity index (χ4n) is 3.63. The van der Waals surface area contributed by atoms with Gasteiger partial charge in [-0.2, -0.15) is 0 Å². The third-order valence-corrected chi connectivity index (χ3v) is 6.33. The number of amides is 3. The number of anilines is 1. The maximum atomic E-state index is 12.9. The van der Waals surface area contributed by atoms with Crippen molar-refractivity contribution in [3.63, 3.8) is 0 Å². The zero-order valence-corrected chi connectivity index (χ0v) is 19.3. The van der Waals surface area contributed by atoms with Gasteiger partial charge >= 0.3 is 0 Å². The molecule has 0 spiro atoms. The van der Waals surface area contributed by atoms with Crippen LogP contribution >= 0.6 is 11.3 Å². The van der Waals surface area contributed by atoms with E-state index in [-0.39, 0.29) is 27.7 Å². The molecule has 0 saturated carbocycles. The van der Waals surface area contributed by atoms with Crippen LogP contribution in [0.5, 0.6) is 0 Å². The second-order valence-electron chi connectivity index (χ2n) is 8.05. The van der Waals surface area contributed by atoms with Gasteiger partial charge in [-0.15, -0.1) is 10.2 Å². The topological polar surface area (TPSA) is 117 Å². The molecule has 1 saturated heterocycles. The molecule has 1 unspecified atom stereocenters. The van der Waals surface area contributed by atoms with Gasteiger partial charge in [-0.25, -0.2) is 0 Å². The van der Waals surface area contributed by atoms with Crippen molar-refractivity contribution in [2.24, 2.45) is 5.92 Å². The summed E-state index contributed by atoms with van der Waals surface area (Å²) in [5.41, 5.74) is 1.73. The molecule has 172 valence electrons. The first-order chi connectivity index (χ1) is 15.9. The van der Waals surface area contributed by atoms with E-state index in [0.717, 1.165) is 22.7 Å². The van der Waals surface area contributed by atoms with Gasteiger partial charge in [0.15, 0.2) is 0 Å². The number of hydrogen-bond donors (Lipinski definition) is 2. The largest absolute Gasteiger partial charge is 0.465 e. The van der Waals surface area contributed by atoms with Crippen LogP contribution in [-0.4, -0.2) is 45.9 Å². The van der Waals surface area contributed by atoms with E-state index in [0.29, 0.717) is 43.9 Å². The van der Waals surface area contributed by atoms with Gasteiger partial charge in [0.1, 0.15) is 11.5 Å². The van der Waals surface area contributed by atoms with Crippen molar-refractivity contribution in [1.29, 1.82) is 0 Å². The van der Waals surface area contributed by atoms with E-state index in [2.05, 4.69) is 20.8 Å². The van der Waals surface area contributed by atoms with Gasteiger partial charge in [0.05, 0.1) is 12.5 Å². The molecule has 1 aromatic carbocycles. The first-order valence-electron chi connectivity index (χ1n) is 10.7. The molecule has 1 atom stereocenters. The van der Waals surface area contributed by atoms with E-state index in [1.54, 1.807) is 17.0 Å². The van der Waals surface area contributed by atoms with Crippen LogP contribution in [0.25, 0.3) is 0 Å². The molecule has 2 aromatic heterocycles. The smallest absolute Gasteiger partial charge is 0.286 e. The molecule has 3 amide bonds. The number of carbonyl (C=O) groups excluding carboxylic acids is 3. The summed E-state index contributed by atoms with van der Waals surface area (Å²) in [4.78, 5) is 39.6. The first kappa shape index (κ1) is 22.7. The number of hydrogen-bond acceptors (Lipinski definition) is 7. The summed E-state index contributed by atoms with van der Waals surface area (Å²) in [5.74, 6) is 0.320. The third-order valence-electron chi connectivity index (χ3n) is 5.42. The Morgan fingerprint density at radius 3 is 2.58 bits per heavy atom. The second-order valence-corrected chi connectivity index (χ2v) is 9.03. The van der Waals surface area contributed by atoms with E-state index in [1.807, 2.05) is 38.1 Å². The fraction of sp³-hybridized carbons (Fsp3) is 0.348. The number of carbonyl (C=O) groups is 3. The minimum absolute atomic E-state index is 0.110. The summed E-state index contributed by atoms with van der Waals surface area (Å²) in [5, 5.41) is 13.7. The van der Waals surface area contributed by atoms with Crippen molar-refractivity contribution in [3.8, 4) is 0 Å². The van der Waals surface area contributed by atoms with Crippen LogP contribution < -0.4 is 10.6 Å². The van der Waals surface area contributed by atoms with Gasteiger partial charge in [-0.1, -0.05) is 29.0 Å². The Balaban J connectivity index is 1.33. The predicted octanol–water partition coefficient (Wildman–Crippen LogP) is 3.17. The van der Waals surface area contributed by atoms with Crippen LogP contribution in [-0.2, 0) is 11.3 Å². The van der Waals surface area contributed by atoms with Crippen LogP contribution in [0.15, 0.2) is 40.8 Å². The zero-order chi connectivity index (χ0) is 23.4. The number of nitrogens with zero attached hydrogens (tertiary/aromatic N) is 3. The summed E-state index contributed by atoms with van der Waals surface area (Å²) in [6.07, 6.45) is 1.41. The van der Waals surface area contributed by atoms with E-state index < -0.39 is 5.91 Å². The maximum absolute atomic E-state index is 12.9. The Morgan fingerprint density at radius 1 is 1.09 bits per heavy atom. The number of aryl methyl sites for hydroxylation is 2. The van der Waals surface area contributed by atoms with Crippen LogP contribution in [0, 0.1) is 19.8 Å². The van der Waals surface area contributed by atoms with Crippen LogP contribution in [0.2, 0.25) is 0 Å². The molecule has 3 heterocycles. The van der Waals surface area contributed by atoms with Crippen molar-refractivity contribution in [2.75, 3.05) is 18.4 Å². The minimum atomic E-state index is -0.417. The summed E-state index contributed by atoms with van der Waals surface area (Å²) in [6, 6.07) is 11.1. The molecular weight excluding hydrogens is 442 g/mol. The summed E-state index contributed by atoms with van der Waals surface area (Å²) < 4.78 is 5.48. The number of nitrogens with one attached hydrogen (secondary N) is 2. The highest BCUT2D eigenvalue weighted by atomic mass is 32.1. The van der Waals surface area contributed by atoms with Crippen molar-refractivity contribution in [3.05, 3.63) is 63.5 Å². The standard InChI is InChI=1S/C23H25N5O4S/c1-14-5-8-17(9-6-14)25-20(30)21-26-27-22(33-21)23(31)28-11-3-4-16(13-28)19(29)24-12-18-10-7-15(2)32-18/h5-10,16H,3-4,11-13H2,1-2H3,(H,24,29)(H,25,30). The van der Waals surface area contributed by atoms with E-state index in [1.165, 1.54) is 0 Å². The van der Waals surface area contributed by atoms with Crippen molar-refractivity contribution in [1.82, 2.24) is 20.4 Å². The molecule has 1 aliphatic rings. The molecule has 1 fully saturated rings. The Hall–Kier alpha value is -3.53. The minimum Gasteiger partial charge on any atom is -0.465 e. The van der Waals surface area contributed by atoms with Gasteiger partial charge in [-0.05, 0) is 51.0 Å². The number of likely N-dealkylation sites (tertiary alicyclic amines) is 1. The third kappa shape index (κ3) is 5.64. The summed E-state index contributed by atoms with van der Waals surface area (Å²) >= 11 is 0.946. The number of rotatable bonds is 6. The molecule has 2 N–H and O–H groups in total. The lowest BCUT2D eigenvalue weighted by Gasteiger charge is -2.31. The van der Waals surface area contributed by atoms with Crippen molar-refractivity contribution in [2.45, 2.75) is 33.2 Å². The van der Waals surface area contributed by atoms with Crippen LogP contribution in [0.1, 0.15) is 49.5 Å². The Morgan fingerprint density at radius 2 is 1.85 bits per heavy atom. The number of piperidine rings is 1. The van der Waals surface area contributed by atoms with Gasteiger partial charge in [-0.3, -0.25) is 14.4 Å². The van der Waals surface area contributed by atoms with Crippen molar-refractivity contribution >= 4 is 34.7 Å². The maximum Gasteiger partial charge on any atom is 0.286 e. The highest BCUT2D eigenvalue weighted by molar-refractivity contribution is 7.15. The monoisotopic (exact) mass is 467 g/mol. The molecule has 0 radical (unpaired) electrons. The van der Waals surface area contributed by atoms with Crippen LogP contribution in [0.3, 0.4) is 0 Å². The molecule has 3 aromatic rings. The highest BCUT2D eigenvalue weighted by Crippen LogP contribution is 2.21. The molecule has 0 aliphatic carbocycles. The van der Waals surface area contributed by atoms with Gasteiger partial charge in [0.2, 0.25) is 15.9 Å². The van der Waals surface area contributed by atoms with E-state index >= 15 is 0 Å². The molecule has 1 aliphatic heterocycles. The summed E-state index contributed by atoms with van der Waals surface area (Å²) in [7, 11) is 0. The molecule has 33 heavy (non-hydrogen) atoms. The number of benzene rings is 1. The van der Waals surface area contributed by atoms with E-state index in [4.69, 9.17) is 4.42 Å². The Labute approximate surface area is 195 Å². The molecule has 4 rings (SSSR count). The first-order valence-corrected chi connectivity index (χ1v) is 11.5. The quantitative estimate of drug-likeness (QED) is 0.575. The lowest BCUT2D eigenvalue weighted by atomic mass is 9.97.